The average Bonchev–Trinajstić information content (AvgIpc) is 2.53. The van der Waals surface area contributed by atoms with Crippen molar-refractivity contribution in [2.75, 3.05) is 13.1 Å². The van der Waals surface area contributed by atoms with Crippen LogP contribution in [0.4, 0.5) is 0 Å². The number of carbonyl (C=O) groups excluding carboxylic acids is 1. The van der Waals surface area contributed by atoms with E-state index < -0.39 is 10.0 Å². The molecule has 0 aliphatic carbocycles. The molecule has 0 aromatic heterocycles. The normalized spacial score (nSPS) is 19.4. The molecule has 0 spiro atoms. The van der Waals surface area contributed by atoms with Gasteiger partial charge in [0.2, 0.25) is 15.9 Å². The van der Waals surface area contributed by atoms with Crippen LogP contribution in [0.5, 0.6) is 0 Å². The molecule has 1 saturated heterocycles. The van der Waals surface area contributed by atoms with Crippen LogP contribution in [-0.4, -0.2) is 37.8 Å². The Labute approximate surface area is 145 Å². The Kier molecular flexibility index (Phi) is 6.40. The monoisotopic (exact) mass is 352 g/mol. The quantitative estimate of drug-likeness (QED) is 0.856. The molecule has 1 fully saturated rings. The van der Waals surface area contributed by atoms with Crippen molar-refractivity contribution >= 4 is 15.9 Å². The van der Waals surface area contributed by atoms with Crippen LogP contribution in [0.25, 0.3) is 0 Å². The fourth-order valence-electron chi connectivity index (χ4n) is 3.07. The molecule has 1 aromatic rings. The molecule has 0 bridgehead atoms. The largest absolute Gasteiger partial charge is 0.354 e. The van der Waals surface area contributed by atoms with Crippen LogP contribution >= 0.6 is 0 Å². The van der Waals surface area contributed by atoms with Crippen LogP contribution < -0.4 is 5.32 Å². The molecule has 2 rings (SSSR count). The van der Waals surface area contributed by atoms with Gasteiger partial charge in [-0.15, -0.1) is 0 Å². The lowest BCUT2D eigenvalue weighted by atomic mass is 9.94. The van der Waals surface area contributed by atoms with Gasteiger partial charge in [-0.05, 0) is 58.1 Å². The number of nitrogens with one attached hydrogen (secondary N) is 1. The number of aryl methyl sites for hydroxylation is 1. The predicted octanol–water partition coefficient (Wildman–Crippen LogP) is 2.70. The lowest BCUT2D eigenvalue weighted by molar-refractivity contribution is -0.121. The summed E-state index contributed by atoms with van der Waals surface area (Å²) in [5.41, 5.74) is 1.04. The summed E-state index contributed by atoms with van der Waals surface area (Å²) in [5.74, 6) is 0.292. The van der Waals surface area contributed by atoms with E-state index in [1.165, 1.54) is 0 Å². The van der Waals surface area contributed by atoms with Crippen LogP contribution in [-0.2, 0) is 14.8 Å². The average molecular weight is 352 g/mol. The molecular formula is C18H28N2O3S. The van der Waals surface area contributed by atoms with E-state index in [-0.39, 0.29) is 17.9 Å². The van der Waals surface area contributed by atoms with Crippen molar-refractivity contribution in [3.8, 4) is 0 Å². The Morgan fingerprint density at radius 2 is 1.96 bits per heavy atom. The highest BCUT2D eigenvalue weighted by Crippen LogP contribution is 2.26. The number of nitrogens with zero attached hydrogens (tertiary/aromatic N) is 1. The summed E-state index contributed by atoms with van der Waals surface area (Å²) >= 11 is 0. The maximum Gasteiger partial charge on any atom is 0.243 e. The number of amides is 1. The summed E-state index contributed by atoms with van der Waals surface area (Å²) in [5, 5.41) is 2.88. The fraction of sp³-hybridized carbons (Fsp3) is 0.611. The van der Waals surface area contributed by atoms with Gasteiger partial charge in [0.1, 0.15) is 0 Å². The number of hydrogen-bond acceptors (Lipinski definition) is 3. The second kappa shape index (κ2) is 8.12. The summed E-state index contributed by atoms with van der Waals surface area (Å²) in [7, 11) is -3.44. The van der Waals surface area contributed by atoms with Crippen molar-refractivity contribution in [2.24, 2.45) is 5.92 Å². The molecule has 1 heterocycles. The highest BCUT2D eigenvalue weighted by molar-refractivity contribution is 7.89. The number of sulfonamides is 1. The first kappa shape index (κ1) is 18.9. The van der Waals surface area contributed by atoms with Crippen molar-refractivity contribution in [3.63, 3.8) is 0 Å². The number of hydrogen-bond donors (Lipinski definition) is 1. The van der Waals surface area contributed by atoms with Gasteiger partial charge in [-0.1, -0.05) is 17.7 Å². The fourth-order valence-corrected chi connectivity index (χ4v) is 4.62. The van der Waals surface area contributed by atoms with Crippen molar-refractivity contribution < 1.29 is 13.2 Å². The third kappa shape index (κ3) is 5.05. The summed E-state index contributed by atoms with van der Waals surface area (Å²) in [4.78, 5) is 12.1. The Bertz CT molecular complexity index is 653. The molecule has 134 valence electrons. The number of rotatable bonds is 6. The Morgan fingerprint density at radius 1 is 1.29 bits per heavy atom. The first-order chi connectivity index (χ1) is 11.3. The number of carbonyl (C=O) groups is 1. The minimum absolute atomic E-state index is 0.0449. The van der Waals surface area contributed by atoms with E-state index in [0.29, 0.717) is 24.4 Å². The summed E-state index contributed by atoms with van der Waals surface area (Å²) in [6.45, 7) is 6.88. The van der Waals surface area contributed by atoms with Gasteiger partial charge in [-0.2, -0.15) is 4.31 Å². The molecule has 24 heavy (non-hydrogen) atoms. The minimum atomic E-state index is -3.44. The van der Waals surface area contributed by atoms with E-state index in [2.05, 4.69) is 5.32 Å². The molecule has 0 saturated carbocycles. The number of piperidine rings is 1. The number of benzene rings is 1. The van der Waals surface area contributed by atoms with Gasteiger partial charge in [0.25, 0.3) is 0 Å². The van der Waals surface area contributed by atoms with Gasteiger partial charge in [-0.3, -0.25) is 4.79 Å². The van der Waals surface area contributed by atoms with Crippen molar-refractivity contribution in [1.82, 2.24) is 9.62 Å². The van der Waals surface area contributed by atoms with E-state index in [0.717, 1.165) is 24.8 Å². The Balaban J connectivity index is 1.97. The van der Waals surface area contributed by atoms with Gasteiger partial charge in [0, 0.05) is 25.6 Å². The molecule has 5 nitrogen and oxygen atoms in total. The molecule has 1 amide bonds. The van der Waals surface area contributed by atoms with Crippen molar-refractivity contribution in [2.45, 2.75) is 57.4 Å². The molecule has 1 aliphatic rings. The van der Waals surface area contributed by atoms with Crippen LogP contribution in [0.3, 0.4) is 0 Å². The molecule has 1 atom stereocenters. The molecule has 1 unspecified atom stereocenters. The van der Waals surface area contributed by atoms with Crippen molar-refractivity contribution in [3.05, 3.63) is 29.8 Å². The lowest BCUT2D eigenvalue weighted by Gasteiger charge is -2.32. The van der Waals surface area contributed by atoms with Crippen molar-refractivity contribution in [1.29, 1.82) is 0 Å². The SMILES string of the molecule is Cc1ccc(S(=O)(=O)N2CCCC(CCC(=O)NC(C)C)C2)cc1. The molecule has 1 N–H and O–H groups in total. The van der Waals surface area contributed by atoms with Gasteiger partial charge in [0.15, 0.2) is 0 Å². The third-order valence-corrected chi connectivity index (χ3v) is 6.25. The van der Waals surface area contributed by atoms with Crippen LogP contribution in [0, 0.1) is 12.8 Å². The van der Waals surface area contributed by atoms with Crippen LogP contribution in [0.15, 0.2) is 29.2 Å². The Morgan fingerprint density at radius 3 is 2.58 bits per heavy atom. The molecule has 1 aliphatic heterocycles. The zero-order valence-corrected chi connectivity index (χ0v) is 15.6. The van der Waals surface area contributed by atoms with Crippen LogP contribution in [0.1, 0.15) is 45.1 Å². The van der Waals surface area contributed by atoms with E-state index in [1.54, 1.807) is 16.4 Å². The first-order valence-corrected chi connectivity index (χ1v) is 10.1. The lowest BCUT2D eigenvalue weighted by Crippen LogP contribution is -2.40. The van der Waals surface area contributed by atoms with Gasteiger partial charge in [-0.25, -0.2) is 8.42 Å². The zero-order chi connectivity index (χ0) is 17.7. The second-order valence-electron chi connectivity index (χ2n) is 6.95. The molecular weight excluding hydrogens is 324 g/mol. The zero-order valence-electron chi connectivity index (χ0n) is 14.8. The predicted molar refractivity (Wildman–Crippen MR) is 95.2 cm³/mol. The van der Waals surface area contributed by atoms with E-state index in [9.17, 15) is 13.2 Å². The molecule has 0 radical (unpaired) electrons. The topological polar surface area (TPSA) is 66.5 Å². The van der Waals surface area contributed by atoms with E-state index in [1.807, 2.05) is 32.9 Å². The maximum absolute atomic E-state index is 12.8. The first-order valence-electron chi connectivity index (χ1n) is 8.65. The molecule has 6 heteroatoms. The molecule has 1 aromatic carbocycles. The Hall–Kier alpha value is -1.40. The van der Waals surface area contributed by atoms with Gasteiger partial charge in [0.05, 0.1) is 4.90 Å². The highest BCUT2D eigenvalue weighted by Gasteiger charge is 2.30. The van der Waals surface area contributed by atoms with Gasteiger partial charge >= 0.3 is 0 Å². The second-order valence-corrected chi connectivity index (χ2v) is 8.88. The summed E-state index contributed by atoms with van der Waals surface area (Å²) in [6.07, 6.45) is 3.02. The van der Waals surface area contributed by atoms with Gasteiger partial charge < -0.3 is 5.32 Å². The van der Waals surface area contributed by atoms with Crippen LogP contribution in [0.2, 0.25) is 0 Å². The minimum Gasteiger partial charge on any atom is -0.354 e. The van der Waals surface area contributed by atoms with E-state index >= 15 is 0 Å². The highest BCUT2D eigenvalue weighted by atomic mass is 32.2. The third-order valence-electron chi connectivity index (χ3n) is 4.37. The van der Waals surface area contributed by atoms with E-state index in [4.69, 9.17) is 0 Å². The standard InChI is InChI=1S/C18H28N2O3S/c1-14(2)19-18(21)11-8-16-5-4-12-20(13-16)24(22,23)17-9-6-15(3)7-10-17/h6-7,9-10,14,16H,4-5,8,11-13H2,1-3H3,(H,19,21). The summed E-state index contributed by atoms with van der Waals surface area (Å²) < 4.78 is 27.1. The summed E-state index contributed by atoms with van der Waals surface area (Å²) in [6, 6.07) is 7.13. The smallest absolute Gasteiger partial charge is 0.243 e. The maximum atomic E-state index is 12.8.